The Morgan fingerprint density at radius 3 is 2.59 bits per heavy atom. The fourth-order valence-corrected chi connectivity index (χ4v) is 2.80. The van der Waals surface area contributed by atoms with E-state index >= 15 is 0 Å². The number of aryl methyl sites for hydroxylation is 2. The molecule has 0 bridgehead atoms. The van der Waals surface area contributed by atoms with E-state index in [0.29, 0.717) is 19.6 Å². The summed E-state index contributed by atoms with van der Waals surface area (Å²) in [5.74, 6) is 0. The Bertz CT molecular complexity index is 487. The molecule has 5 nitrogen and oxygen atoms in total. The van der Waals surface area contributed by atoms with Gasteiger partial charge in [-0.25, -0.2) is 4.79 Å². The molecule has 0 aromatic heterocycles. The number of nitrogens with one attached hydrogen (secondary N) is 1. The predicted molar refractivity (Wildman–Crippen MR) is 88.0 cm³/mol. The monoisotopic (exact) mass is 305 g/mol. The summed E-state index contributed by atoms with van der Waals surface area (Å²) >= 11 is 0. The second kappa shape index (κ2) is 7.61. The van der Waals surface area contributed by atoms with Crippen molar-refractivity contribution in [1.82, 2.24) is 15.1 Å². The van der Waals surface area contributed by atoms with Gasteiger partial charge in [0.2, 0.25) is 0 Å². The van der Waals surface area contributed by atoms with Gasteiger partial charge in [0.15, 0.2) is 0 Å². The molecule has 5 heteroatoms. The summed E-state index contributed by atoms with van der Waals surface area (Å²) < 4.78 is 0. The highest BCUT2D eigenvalue weighted by atomic mass is 16.3. The zero-order chi connectivity index (χ0) is 16.1. The van der Waals surface area contributed by atoms with Gasteiger partial charge in [-0.1, -0.05) is 29.8 Å². The Morgan fingerprint density at radius 2 is 2.00 bits per heavy atom. The van der Waals surface area contributed by atoms with Crippen LogP contribution >= 0.6 is 0 Å². The van der Waals surface area contributed by atoms with Crippen LogP contribution < -0.4 is 5.32 Å². The van der Waals surface area contributed by atoms with Crippen molar-refractivity contribution in [2.75, 3.05) is 33.7 Å². The van der Waals surface area contributed by atoms with Crippen LogP contribution in [0.3, 0.4) is 0 Å². The number of amides is 2. The molecule has 122 valence electrons. The molecule has 2 rings (SSSR count). The normalized spacial score (nSPS) is 21.4. The highest BCUT2D eigenvalue weighted by molar-refractivity contribution is 5.74. The Kier molecular flexibility index (Phi) is 5.80. The number of hydrogen-bond acceptors (Lipinski definition) is 3. The van der Waals surface area contributed by atoms with Crippen LogP contribution in [0, 0.1) is 6.92 Å². The number of likely N-dealkylation sites (tertiary alicyclic amines) is 1. The van der Waals surface area contributed by atoms with Gasteiger partial charge in [-0.3, -0.25) is 0 Å². The van der Waals surface area contributed by atoms with Gasteiger partial charge < -0.3 is 20.2 Å². The third kappa shape index (κ3) is 4.45. The van der Waals surface area contributed by atoms with Crippen LogP contribution in [0.25, 0.3) is 0 Å². The van der Waals surface area contributed by atoms with Gasteiger partial charge in [0.25, 0.3) is 0 Å². The Hall–Kier alpha value is -1.59. The standard InChI is InChI=1S/C17H27N3O2/c1-13-6-8-14(9-7-13)5-4-10-18-17(22)20-11-15(19(2)3)16(21)12-20/h6-9,15-16,21H,4-5,10-12H2,1-3H3,(H,18,22)/t15-,16-/m0/s1. The SMILES string of the molecule is Cc1ccc(CCCNC(=O)N2C[C@H](O)[C@@H](N(C)C)C2)cc1. The number of β-amino-alcohol motifs (C(OH)–C–C–N with tert-alkyl or cyclic N) is 1. The predicted octanol–water partition coefficient (Wildman–Crippen LogP) is 1.24. The zero-order valence-electron chi connectivity index (χ0n) is 13.7. The molecule has 0 spiro atoms. The maximum Gasteiger partial charge on any atom is 0.317 e. The van der Waals surface area contributed by atoms with Gasteiger partial charge in [0.05, 0.1) is 12.1 Å². The third-order valence-corrected chi connectivity index (χ3v) is 4.25. The largest absolute Gasteiger partial charge is 0.390 e. The summed E-state index contributed by atoms with van der Waals surface area (Å²) in [6.07, 6.45) is 1.42. The fourth-order valence-electron chi connectivity index (χ4n) is 2.80. The number of aliphatic hydroxyl groups excluding tert-OH is 1. The van der Waals surface area contributed by atoms with E-state index in [1.807, 2.05) is 19.0 Å². The maximum absolute atomic E-state index is 12.1. The molecule has 0 saturated carbocycles. The molecule has 1 aliphatic heterocycles. The Balaban J connectivity index is 1.69. The van der Waals surface area contributed by atoms with E-state index in [9.17, 15) is 9.90 Å². The van der Waals surface area contributed by atoms with Crippen molar-refractivity contribution in [3.05, 3.63) is 35.4 Å². The quantitative estimate of drug-likeness (QED) is 0.805. The lowest BCUT2D eigenvalue weighted by Gasteiger charge is -2.21. The lowest BCUT2D eigenvalue weighted by molar-refractivity contribution is 0.113. The number of rotatable bonds is 5. The van der Waals surface area contributed by atoms with Gasteiger partial charge in [-0.2, -0.15) is 0 Å². The minimum absolute atomic E-state index is 0.0262. The molecule has 1 aliphatic rings. The second-order valence-corrected chi connectivity index (χ2v) is 6.32. The summed E-state index contributed by atoms with van der Waals surface area (Å²) in [7, 11) is 3.85. The van der Waals surface area contributed by atoms with Crippen molar-refractivity contribution in [1.29, 1.82) is 0 Å². The first kappa shape index (κ1) is 16.8. The number of benzene rings is 1. The van der Waals surface area contributed by atoms with Crippen LogP contribution in [0.5, 0.6) is 0 Å². The number of hydrogen-bond donors (Lipinski definition) is 2. The van der Waals surface area contributed by atoms with Crippen LogP contribution in [0.15, 0.2) is 24.3 Å². The molecule has 1 aromatic carbocycles. The lowest BCUT2D eigenvalue weighted by atomic mass is 10.1. The molecular formula is C17H27N3O2. The van der Waals surface area contributed by atoms with Crippen molar-refractivity contribution in [3.8, 4) is 0 Å². The molecular weight excluding hydrogens is 278 g/mol. The average molecular weight is 305 g/mol. The number of urea groups is 1. The van der Waals surface area contributed by atoms with E-state index in [2.05, 4.69) is 36.5 Å². The first-order valence-electron chi connectivity index (χ1n) is 7.90. The molecule has 1 aromatic rings. The number of nitrogens with zero attached hydrogens (tertiary/aromatic N) is 2. The Labute approximate surface area is 132 Å². The highest BCUT2D eigenvalue weighted by Crippen LogP contribution is 2.14. The summed E-state index contributed by atoms with van der Waals surface area (Å²) in [6, 6.07) is 8.44. The fraction of sp³-hybridized carbons (Fsp3) is 0.588. The summed E-state index contributed by atoms with van der Waals surface area (Å²) in [6.45, 7) is 3.73. The van der Waals surface area contributed by atoms with Crippen LogP contribution in [0.4, 0.5) is 4.79 Å². The molecule has 0 aliphatic carbocycles. The molecule has 2 N–H and O–H groups in total. The van der Waals surface area contributed by atoms with Crippen LogP contribution in [0.1, 0.15) is 17.5 Å². The topological polar surface area (TPSA) is 55.8 Å². The van der Waals surface area contributed by atoms with Crippen molar-refractivity contribution in [2.45, 2.75) is 31.9 Å². The van der Waals surface area contributed by atoms with E-state index in [1.165, 1.54) is 11.1 Å². The molecule has 1 heterocycles. The molecule has 22 heavy (non-hydrogen) atoms. The summed E-state index contributed by atoms with van der Waals surface area (Å²) in [5, 5.41) is 12.9. The van der Waals surface area contributed by atoms with Gasteiger partial charge in [-0.05, 0) is 39.4 Å². The average Bonchev–Trinajstić information content (AvgIpc) is 2.87. The molecule has 1 fully saturated rings. The Morgan fingerprint density at radius 1 is 1.32 bits per heavy atom. The number of carbonyl (C=O) groups excluding carboxylic acids is 1. The molecule has 0 unspecified atom stereocenters. The van der Waals surface area contributed by atoms with Crippen molar-refractivity contribution in [2.24, 2.45) is 0 Å². The van der Waals surface area contributed by atoms with E-state index in [-0.39, 0.29) is 12.1 Å². The van der Waals surface area contributed by atoms with E-state index in [1.54, 1.807) is 4.90 Å². The molecule has 0 radical (unpaired) electrons. The summed E-state index contributed by atoms with van der Waals surface area (Å²) in [4.78, 5) is 15.8. The smallest absolute Gasteiger partial charge is 0.317 e. The van der Waals surface area contributed by atoms with Gasteiger partial charge in [-0.15, -0.1) is 0 Å². The third-order valence-electron chi connectivity index (χ3n) is 4.25. The summed E-state index contributed by atoms with van der Waals surface area (Å²) in [5.41, 5.74) is 2.56. The minimum atomic E-state index is -0.465. The van der Waals surface area contributed by atoms with Crippen molar-refractivity contribution < 1.29 is 9.90 Å². The number of likely N-dealkylation sites (N-methyl/N-ethyl adjacent to an activating group) is 1. The van der Waals surface area contributed by atoms with Gasteiger partial charge in [0.1, 0.15) is 0 Å². The zero-order valence-corrected chi connectivity index (χ0v) is 13.7. The first-order valence-corrected chi connectivity index (χ1v) is 7.90. The van der Waals surface area contributed by atoms with Gasteiger partial charge >= 0.3 is 6.03 Å². The lowest BCUT2D eigenvalue weighted by Crippen LogP contribution is -2.41. The van der Waals surface area contributed by atoms with Crippen LogP contribution in [0.2, 0.25) is 0 Å². The van der Waals surface area contributed by atoms with Crippen LogP contribution in [-0.4, -0.2) is 66.8 Å². The molecule has 1 saturated heterocycles. The minimum Gasteiger partial charge on any atom is -0.390 e. The van der Waals surface area contributed by atoms with E-state index in [4.69, 9.17) is 0 Å². The second-order valence-electron chi connectivity index (χ2n) is 6.32. The highest BCUT2D eigenvalue weighted by Gasteiger charge is 2.34. The van der Waals surface area contributed by atoms with Crippen LogP contribution in [-0.2, 0) is 6.42 Å². The molecule has 2 atom stereocenters. The van der Waals surface area contributed by atoms with Gasteiger partial charge in [0, 0.05) is 19.6 Å². The van der Waals surface area contributed by atoms with Crippen molar-refractivity contribution in [3.63, 3.8) is 0 Å². The molecule has 2 amide bonds. The van der Waals surface area contributed by atoms with E-state index in [0.717, 1.165) is 12.8 Å². The number of aliphatic hydroxyl groups is 1. The maximum atomic E-state index is 12.1. The van der Waals surface area contributed by atoms with E-state index < -0.39 is 6.10 Å². The van der Waals surface area contributed by atoms with Crippen molar-refractivity contribution >= 4 is 6.03 Å². The number of carbonyl (C=O) groups is 1. The first-order chi connectivity index (χ1) is 10.5.